The molecule has 2 aliphatic heterocycles. The molecule has 1 fully saturated rings. The number of rotatable bonds is 16. The average Bonchev–Trinajstić information content (AvgIpc) is 3.71. The van der Waals surface area contributed by atoms with E-state index >= 15 is 0 Å². The van der Waals surface area contributed by atoms with Crippen LogP contribution >= 0.6 is 0 Å². The lowest BCUT2D eigenvalue weighted by Crippen LogP contribution is -2.39. The van der Waals surface area contributed by atoms with Crippen molar-refractivity contribution in [3.63, 3.8) is 0 Å². The monoisotopic (exact) mass is 569 g/mol. The maximum Gasteiger partial charge on any atom is 0.231 e. The van der Waals surface area contributed by atoms with Gasteiger partial charge >= 0.3 is 0 Å². The van der Waals surface area contributed by atoms with Gasteiger partial charge in [0, 0.05) is 32.9 Å². The molecular formula is C30H43N5O6. The number of benzene rings is 1. The highest BCUT2D eigenvalue weighted by molar-refractivity contribution is 5.83. The van der Waals surface area contributed by atoms with Crippen LogP contribution in [0, 0.1) is 0 Å². The number of hydrogen-bond acceptors (Lipinski definition) is 10. The number of ether oxygens (including phenoxy) is 6. The number of fused-ring (bicyclic) bond motifs is 2. The summed E-state index contributed by atoms with van der Waals surface area (Å²) in [6.45, 7) is 12.5. The van der Waals surface area contributed by atoms with Gasteiger partial charge in [0.15, 0.2) is 34.7 Å². The molecule has 4 atom stereocenters. The van der Waals surface area contributed by atoms with Gasteiger partial charge in [-0.2, -0.15) is 0 Å². The fourth-order valence-electron chi connectivity index (χ4n) is 5.34. The number of nitrogens with zero attached hydrogens (tertiary/aromatic N) is 5. The van der Waals surface area contributed by atoms with E-state index in [0.29, 0.717) is 38.6 Å². The Morgan fingerprint density at radius 3 is 2.46 bits per heavy atom. The summed E-state index contributed by atoms with van der Waals surface area (Å²) in [6.07, 6.45) is 5.77. The van der Waals surface area contributed by atoms with Crippen molar-refractivity contribution in [1.29, 1.82) is 0 Å². The SMILES string of the molecule is CCCOC[C@H]1O[C@@H](n2cnc3c(N(CCC)Cc4ccc5c(c4)OCO5)ncnc32)[C@@H](OCCC)C1OCCC. The highest BCUT2D eigenvalue weighted by atomic mass is 16.7. The molecular weight excluding hydrogens is 526 g/mol. The molecule has 1 saturated heterocycles. The van der Waals surface area contributed by atoms with Gasteiger partial charge in [0.1, 0.15) is 24.6 Å². The molecule has 11 heteroatoms. The van der Waals surface area contributed by atoms with Gasteiger partial charge in [-0.15, -0.1) is 0 Å². The third kappa shape index (κ3) is 6.58. The molecule has 0 spiro atoms. The molecule has 5 rings (SSSR count). The maximum atomic E-state index is 6.61. The van der Waals surface area contributed by atoms with E-state index in [4.69, 9.17) is 33.4 Å². The lowest BCUT2D eigenvalue weighted by molar-refractivity contribution is -0.0791. The van der Waals surface area contributed by atoms with Crippen LogP contribution in [0.1, 0.15) is 65.2 Å². The van der Waals surface area contributed by atoms with E-state index in [1.807, 2.05) is 16.7 Å². The number of imidazole rings is 1. The zero-order valence-electron chi connectivity index (χ0n) is 24.7. The van der Waals surface area contributed by atoms with Gasteiger partial charge in [0.05, 0.1) is 12.9 Å². The predicted molar refractivity (Wildman–Crippen MR) is 154 cm³/mol. The van der Waals surface area contributed by atoms with Crippen molar-refractivity contribution in [2.24, 2.45) is 0 Å². The van der Waals surface area contributed by atoms with Crippen molar-refractivity contribution in [3.05, 3.63) is 36.4 Å². The highest BCUT2D eigenvalue weighted by Gasteiger charge is 2.48. The Kier molecular flexibility index (Phi) is 10.3. The molecule has 11 nitrogen and oxygen atoms in total. The number of anilines is 1. The van der Waals surface area contributed by atoms with Crippen molar-refractivity contribution in [3.8, 4) is 11.5 Å². The summed E-state index contributed by atoms with van der Waals surface area (Å²) in [7, 11) is 0. The number of aromatic nitrogens is 4. The van der Waals surface area contributed by atoms with Crippen molar-refractivity contribution in [1.82, 2.24) is 19.5 Å². The quantitative estimate of drug-likeness (QED) is 0.222. The normalized spacial score (nSPS) is 21.7. The summed E-state index contributed by atoms with van der Waals surface area (Å²) >= 11 is 0. The molecule has 2 aromatic heterocycles. The van der Waals surface area contributed by atoms with Crippen LogP contribution in [-0.4, -0.2) is 77.6 Å². The molecule has 1 unspecified atom stereocenters. The molecule has 224 valence electrons. The van der Waals surface area contributed by atoms with Crippen LogP contribution in [0.15, 0.2) is 30.9 Å². The molecule has 0 saturated carbocycles. The Balaban J connectivity index is 1.45. The van der Waals surface area contributed by atoms with Crippen LogP contribution in [0.25, 0.3) is 11.2 Å². The van der Waals surface area contributed by atoms with E-state index in [1.165, 1.54) is 0 Å². The lowest BCUT2D eigenvalue weighted by atomic mass is 10.1. The molecule has 0 radical (unpaired) electrons. The maximum absolute atomic E-state index is 6.61. The summed E-state index contributed by atoms with van der Waals surface area (Å²) in [4.78, 5) is 16.4. The molecule has 3 aromatic rings. The first-order valence-electron chi connectivity index (χ1n) is 15.0. The van der Waals surface area contributed by atoms with E-state index in [1.54, 1.807) is 12.7 Å². The Hall–Kier alpha value is -2.99. The smallest absolute Gasteiger partial charge is 0.231 e. The summed E-state index contributed by atoms with van der Waals surface area (Å²) < 4.78 is 38.3. The Morgan fingerprint density at radius 1 is 0.902 bits per heavy atom. The largest absolute Gasteiger partial charge is 0.454 e. The van der Waals surface area contributed by atoms with Crippen molar-refractivity contribution in [2.45, 2.75) is 84.5 Å². The Bertz CT molecular complexity index is 1260. The van der Waals surface area contributed by atoms with Crippen LogP contribution in [0.5, 0.6) is 11.5 Å². The zero-order valence-corrected chi connectivity index (χ0v) is 24.7. The molecule has 4 heterocycles. The van der Waals surface area contributed by atoms with E-state index in [9.17, 15) is 0 Å². The fraction of sp³-hybridized carbons (Fsp3) is 0.633. The first-order chi connectivity index (χ1) is 20.2. The molecule has 2 aliphatic rings. The first kappa shape index (κ1) is 29.5. The van der Waals surface area contributed by atoms with Crippen LogP contribution in [0.4, 0.5) is 5.82 Å². The van der Waals surface area contributed by atoms with E-state index in [2.05, 4.69) is 48.6 Å². The van der Waals surface area contributed by atoms with Gasteiger partial charge in [-0.1, -0.05) is 33.8 Å². The highest BCUT2D eigenvalue weighted by Crippen LogP contribution is 2.37. The lowest BCUT2D eigenvalue weighted by Gasteiger charge is -2.25. The van der Waals surface area contributed by atoms with Gasteiger partial charge in [-0.25, -0.2) is 15.0 Å². The summed E-state index contributed by atoms with van der Waals surface area (Å²) in [5, 5.41) is 0. The summed E-state index contributed by atoms with van der Waals surface area (Å²) in [5.41, 5.74) is 2.52. The topological polar surface area (TPSA) is 102 Å². The second-order valence-electron chi connectivity index (χ2n) is 10.4. The second kappa shape index (κ2) is 14.3. The van der Waals surface area contributed by atoms with Gasteiger partial charge in [0.25, 0.3) is 0 Å². The molecule has 1 aromatic carbocycles. The molecule has 0 aliphatic carbocycles. The van der Waals surface area contributed by atoms with Gasteiger partial charge in [0.2, 0.25) is 6.79 Å². The molecule has 0 amide bonds. The summed E-state index contributed by atoms with van der Waals surface area (Å²) in [6, 6.07) is 6.05. The van der Waals surface area contributed by atoms with E-state index in [-0.39, 0.29) is 25.1 Å². The van der Waals surface area contributed by atoms with Crippen molar-refractivity contribution < 1.29 is 28.4 Å². The van der Waals surface area contributed by atoms with Crippen LogP contribution in [0.3, 0.4) is 0 Å². The van der Waals surface area contributed by atoms with Crippen molar-refractivity contribution >= 4 is 17.0 Å². The molecule has 41 heavy (non-hydrogen) atoms. The van der Waals surface area contributed by atoms with Gasteiger partial charge in [-0.3, -0.25) is 4.57 Å². The molecule has 0 bridgehead atoms. The van der Waals surface area contributed by atoms with E-state index < -0.39 is 6.23 Å². The first-order valence-corrected chi connectivity index (χ1v) is 15.0. The second-order valence-corrected chi connectivity index (χ2v) is 10.4. The van der Waals surface area contributed by atoms with Gasteiger partial charge in [-0.05, 0) is 43.4 Å². The summed E-state index contributed by atoms with van der Waals surface area (Å²) in [5.74, 6) is 2.32. The minimum Gasteiger partial charge on any atom is -0.454 e. The Morgan fingerprint density at radius 2 is 1.68 bits per heavy atom. The molecule has 0 N–H and O–H groups in total. The fourth-order valence-corrected chi connectivity index (χ4v) is 5.34. The third-order valence-electron chi connectivity index (χ3n) is 7.16. The van der Waals surface area contributed by atoms with Crippen LogP contribution in [-0.2, 0) is 25.5 Å². The predicted octanol–water partition coefficient (Wildman–Crippen LogP) is 4.89. The van der Waals surface area contributed by atoms with Crippen LogP contribution < -0.4 is 14.4 Å². The number of hydrogen-bond donors (Lipinski definition) is 0. The Labute approximate surface area is 242 Å². The standard InChI is InChI=1S/C30H43N5O6/c1-5-11-34(16-21-9-10-22-23(15-21)40-20-39-22)28-25-29(32-18-31-28)35(19-33-25)30-27(38-14-8-4)26(37-13-7-3)24(41-30)17-36-12-6-2/h9-10,15,18-19,24,26-27,30H,5-8,11-14,16-17,20H2,1-4H3/t24-,26?,27+,30-/m1/s1. The third-order valence-corrected chi connectivity index (χ3v) is 7.16. The average molecular weight is 570 g/mol. The zero-order chi connectivity index (χ0) is 28.6. The van der Waals surface area contributed by atoms with Crippen molar-refractivity contribution in [2.75, 3.05) is 44.7 Å². The van der Waals surface area contributed by atoms with Crippen LogP contribution in [0.2, 0.25) is 0 Å². The minimum atomic E-state index is -0.458. The minimum absolute atomic E-state index is 0.254. The van der Waals surface area contributed by atoms with Gasteiger partial charge < -0.3 is 33.3 Å². The van der Waals surface area contributed by atoms with E-state index in [0.717, 1.165) is 60.6 Å².